The molecular formula is C19H24N4O4S. The topological polar surface area (TPSA) is 83.1 Å². The third-order valence-corrected chi connectivity index (χ3v) is 5.59. The molecule has 9 heteroatoms. The van der Waals surface area contributed by atoms with Crippen molar-refractivity contribution < 1.29 is 19.2 Å². The van der Waals surface area contributed by atoms with E-state index in [1.54, 1.807) is 17.0 Å². The molecule has 0 aliphatic carbocycles. The molecule has 0 aromatic heterocycles. The van der Waals surface area contributed by atoms with Gasteiger partial charge >= 0.3 is 11.3 Å². The van der Waals surface area contributed by atoms with Crippen molar-refractivity contribution in [3.63, 3.8) is 0 Å². The van der Waals surface area contributed by atoms with Crippen molar-refractivity contribution in [2.24, 2.45) is 0 Å². The Morgan fingerprint density at radius 2 is 1.89 bits per heavy atom. The summed E-state index contributed by atoms with van der Waals surface area (Å²) in [5, 5.41) is 7.49. The third-order valence-electron chi connectivity index (χ3n) is 5.43. The Bertz CT molecular complexity index is 741. The number of fused-ring (bicyclic) bond motifs is 2. The molecule has 2 atom stereocenters. The fraction of sp³-hybridized carbons (Fsp3) is 0.526. The van der Waals surface area contributed by atoms with Gasteiger partial charge in [-0.2, -0.15) is 0 Å². The largest absolute Gasteiger partial charge is 0.416 e. The number of benzene rings is 1. The second-order valence-corrected chi connectivity index (χ2v) is 7.63. The van der Waals surface area contributed by atoms with Crippen LogP contribution in [0.15, 0.2) is 30.3 Å². The van der Waals surface area contributed by atoms with E-state index >= 15 is 0 Å². The molecule has 3 aliphatic rings. The number of rotatable bonds is 4. The molecule has 28 heavy (non-hydrogen) atoms. The Morgan fingerprint density at radius 1 is 1.14 bits per heavy atom. The number of thiocarbonyl (C=S) groups is 1. The number of nitrogens with one attached hydrogen (secondary N) is 2. The summed E-state index contributed by atoms with van der Waals surface area (Å²) in [5.41, 5.74) is 0. The number of nitrogens with zero attached hydrogens (tertiary/aromatic N) is 2. The van der Waals surface area contributed by atoms with Gasteiger partial charge in [-0.1, -0.05) is 18.2 Å². The number of carbonyl (C=O) groups is 2. The van der Waals surface area contributed by atoms with Crippen LogP contribution in [-0.4, -0.2) is 64.9 Å². The summed E-state index contributed by atoms with van der Waals surface area (Å²) in [5.74, 6) is 0.463. The molecule has 3 aliphatic heterocycles. The molecule has 1 aromatic rings. The summed E-state index contributed by atoms with van der Waals surface area (Å²) in [4.78, 5) is 32.6. The van der Waals surface area contributed by atoms with E-state index in [2.05, 4.69) is 10.6 Å². The average Bonchev–Trinajstić information content (AvgIpc) is 2.94. The number of hydrogen-bond acceptors (Lipinski definition) is 6. The lowest BCUT2D eigenvalue weighted by Crippen LogP contribution is -2.53. The van der Waals surface area contributed by atoms with Gasteiger partial charge in [0.25, 0.3) is 0 Å². The first kappa shape index (κ1) is 18.9. The fourth-order valence-electron chi connectivity index (χ4n) is 3.97. The molecule has 2 bridgehead atoms. The quantitative estimate of drug-likeness (QED) is 0.739. The van der Waals surface area contributed by atoms with Crippen molar-refractivity contribution in [2.45, 2.75) is 43.8 Å². The zero-order valence-electron chi connectivity index (χ0n) is 15.5. The molecule has 150 valence electrons. The Hall–Kier alpha value is -2.39. The maximum atomic E-state index is 12.8. The lowest BCUT2D eigenvalue weighted by Gasteiger charge is -2.31. The van der Waals surface area contributed by atoms with Crippen LogP contribution in [0.25, 0.3) is 0 Å². The molecule has 0 radical (unpaired) electrons. The zero-order valence-corrected chi connectivity index (χ0v) is 16.3. The first-order valence-corrected chi connectivity index (χ1v) is 10.1. The van der Waals surface area contributed by atoms with Crippen molar-refractivity contribution in [1.82, 2.24) is 20.6 Å². The second kappa shape index (κ2) is 8.32. The first-order chi connectivity index (χ1) is 13.6. The predicted molar refractivity (Wildman–Crippen MR) is 106 cm³/mol. The van der Waals surface area contributed by atoms with E-state index in [1.165, 1.54) is 5.06 Å². The molecule has 3 saturated heterocycles. The minimum atomic E-state index is -0.462. The van der Waals surface area contributed by atoms with Crippen LogP contribution in [0.5, 0.6) is 5.75 Å². The number of ether oxygens (including phenoxy) is 1. The van der Waals surface area contributed by atoms with E-state index < -0.39 is 6.04 Å². The number of hydrogen-bond donors (Lipinski definition) is 2. The van der Waals surface area contributed by atoms with Gasteiger partial charge in [0.15, 0.2) is 0 Å². The Labute approximate surface area is 169 Å². The van der Waals surface area contributed by atoms with E-state index in [0.29, 0.717) is 25.1 Å². The van der Waals surface area contributed by atoms with Crippen molar-refractivity contribution >= 4 is 29.4 Å². The Morgan fingerprint density at radius 3 is 2.64 bits per heavy atom. The maximum Gasteiger partial charge on any atom is 0.383 e. The van der Waals surface area contributed by atoms with Gasteiger partial charge in [-0.05, 0) is 50.9 Å². The van der Waals surface area contributed by atoms with E-state index in [9.17, 15) is 9.59 Å². The van der Waals surface area contributed by atoms with Gasteiger partial charge in [0.05, 0.1) is 6.04 Å². The summed E-state index contributed by atoms with van der Waals surface area (Å²) >= 11 is 5.13. The minimum absolute atomic E-state index is 0.0799. The van der Waals surface area contributed by atoms with Crippen molar-refractivity contribution in [3.05, 3.63) is 30.3 Å². The number of carbonyl (C=O) groups excluding carboxylic acids is 2. The summed E-state index contributed by atoms with van der Waals surface area (Å²) in [6.45, 7) is 2.26. The summed E-state index contributed by atoms with van der Waals surface area (Å²) < 4.78 is 5.46. The molecule has 4 rings (SSSR count). The number of urea groups is 1. The van der Waals surface area contributed by atoms with Gasteiger partial charge in [-0.3, -0.25) is 4.79 Å². The Balaban J connectivity index is 1.35. The van der Waals surface area contributed by atoms with Crippen LogP contribution in [0.3, 0.4) is 0 Å². The standard InChI is InChI=1S/C19H24N4O4S/c24-17(21-13-8-10-20-11-9-13)16-7-6-14-12-22(16)18(25)23(14)27-19(28)26-15-4-2-1-3-5-15/h1-5,13-14,16,20H,6-12H2,(H,21,24)/t14-,16+/m1/s1. The van der Waals surface area contributed by atoms with E-state index in [1.807, 2.05) is 18.2 Å². The molecule has 3 amide bonds. The number of hydroxylamine groups is 2. The van der Waals surface area contributed by atoms with Gasteiger partial charge in [-0.25, -0.2) is 4.79 Å². The molecular weight excluding hydrogens is 380 g/mol. The molecule has 2 N–H and O–H groups in total. The molecule has 0 spiro atoms. The lowest BCUT2D eigenvalue weighted by molar-refractivity contribution is -0.127. The zero-order chi connectivity index (χ0) is 19.5. The van der Waals surface area contributed by atoms with Gasteiger partial charge < -0.3 is 25.1 Å². The normalized spacial score (nSPS) is 24.8. The van der Waals surface area contributed by atoms with E-state index in [4.69, 9.17) is 21.8 Å². The highest BCUT2D eigenvalue weighted by Crippen LogP contribution is 2.30. The van der Waals surface area contributed by atoms with Crippen LogP contribution in [0.1, 0.15) is 25.7 Å². The van der Waals surface area contributed by atoms with Crippen molar-refractivity contribution in [1.29, 1.82) is 0 Å². The molecule has 0 unspecified atom stereocenters. The number of amides is 3. The van der Waals surface area contributed by atoms with E-state index in [0.717, 1.165) is 25.9 Å². The summed E-state index contributed by atoms with van der Waals surface area (Å²) in [6.07, 6.45) is 3.12. The van der Waals surface area contributed by atoms with Crippen LogP contribution >= 0.6 is 12.2 Å². The van der Waals surface area contributed by atoms with Crippen molar-refractivity contribution in [3.8, 4) is 5.75 Å². The van der Waals surface area contributed by atoms with Gasteiger partial charge in [0.2, 0.25) is 5.91 Å². The fourth-order valence-corrected chi connectivity index (χ4v) is 4.15. The highest BCUT2D eigenvalue weighted by Gasteiger charge is 2.49. The van der Waals surface area contributed by atoms with Crippen LogP contribution in [0.2, 0.25) is 0 Å². The maximum absolute atomic E-state index is 12.8. The minimum Gasteiger partial charge on any atom is -0.416 e. The van der Waals surface area contributed by atoms with Gasteiger partial charge in [0, 0.05) is 24.8 Å². The molecule has 3 heterocycles. The van der Waals surface area contributed by atoms with E-state index in [-0.39, 0.29) is 29.3 Å². The number of para-hydroxylation sites is 1. The van der Waals surface area contributed by atoms with Crippen LogP contribution in [0.4, 0.5) is 4.79 Å². The first-order valence-electron chi connectivity index (χ1n) is 9.67. The van der Waals surface area contributed by atoms with Gasteiger partial charge in [0.1, 0.15) is 11.8 Å². The van der Waals surface area contributed by atoms with Crippen LogP contribution in [-0.2, 0) is 9.63 Å². The van der Waals surface area contributed by atoms with Crippen LogP contribution in [0, 0.1) is 0 Å². The number of piperidine rings is 2. The third kappa shape index (κ3) is 4.05. The summed E-state index contributed by atoms with van der Waals surface area (Å²) in [6, 6.07) is 8.26. The molecule has 8 nitrogen and oxygen atoms in total. The average molecular weight is 404 g/mol. The highest BCUT2D eigenvalue weighted by molar-refractivity contribution is 7.79. The summed E-state index contributed by atoms with van der Waals surface area (Å²) in [7, 11) is 0. The Kier molecular flexibility index (Phi) is 5.63. The molecule has 3 fully saturated rings. The van der Waals surface area contributed by atoms with Crippen LogP contribution < -0.4 is 15.4 Å². The lowest BCUT2D eigenvalue weighted by atomic mass is 9.99. The van der Waals surface area contributed by atoms with Crippen molar-refractivity contribution in [2.75, 3.05) is 19.6 Å². The smallest absolute Gasteiger partial charge is 0.383 e. The highest BCUT2D eigenvalue weighted by atomic mass is 32.1. The monoisotopic (exact) mass is 404 g/mol. The van der Waals surface area contributed by atoms with Gasteiger partial charge in [-0.15, -0.1) is 5.06 Å². The molecule has 1 aromatic carbocycles. The molecule has 0 saturated carbocycles. The predicted octanol–water partition coefficient (Wildman–Crippen LogP) is 1.42. The second-order valence-electron chi connectivity index (χ2n) is 7.30. The SMILES string of the molecule is O=C(NC1CCNCC1)[C@@H]1CC[C@@H]2CN1C(=O)N2OC(=S)Oc1ccccc1.